The number of pyridine rings is 1. The number of nitro groups is 1. The van der Waals surface area contributed by atoms with Crippen LogP contribution in [0, 0.1) is 21.4 Å². The van der Waals surface area contributed by atoms with E-state index in [1.165, 1.54) is 12.3 Å². The lowest BCUT2D eigenvalue weighted by molar-refractivity contribution is -0.384. The highest BCUT2D eigenvalue weighted by Gasteiger charge is 2.20. The first-order chi connectivity index (χ1) is 8.35. The van der Waals surface area contributed by atoms with Crippen LogP contribution in [0.1, 0.15) is 5.56 Å². The average molecular weight is 270 g/mol. The van der Waals surface area contributed by atoms with Gasteiger partial charge in [0.2, 0.25) is 5.82 Å². The van der Waals surface area contributed by atoms with Gasteiger partial charge in [-0.1, -0.05) is 0 Å². The van der Waals surface area contributed by atoms with Crippen molar-refractivity contribution in [1.29, 1.82) is 5.26 Å². The lowest BCUT2D eigenvalue weighted by Gasteiger charge is -2.05. The molecular formula is C9H10N4O4S. The molecule has 0 fully saturated rings. The van der Waals surface area contributed by atoms with E-state index in [-0.39, 0.29) is 23.7 Å². The largest absolute Gasteiger partial charge is 0.363 e. The van der Waals surface area contributed by atoms with Gasteiger partial charge < -0.3 is 5.32 Å². The molecule has 0 bridgehead atoms. The van der Waals surface area contributed by atoms with Gasteiger partial charge in [0.1, 0.15) is 21.5 Å². The van der Waals surface area contributed by atoms with Crippen LogP contribution in [-0.4, -0.2) is 36.9 Å². The van der Waals surface area contributed by atoms with E-state index in [2.05, 4.69) is 10.3 Å². The zero-order valence-corrected chi connectivity index (χ0v) is 10.3. The van der Waals surface area contributed by atoms with Gasteiger partial charge in [-0.2, -0.15) is 5.26 Å². The molecule has 9 heteroatoms. The van der Waals surface area contributed by atoms with Crippen molar-refractivity contribution in [3.05, 3.63) is 27.9 Å². The molecule has 1 N–H and O–H groups in total. The molecule has 0 saturated heterocycles. The SMILES string of the molecule is CS(=O)(=O)CCNc1nccc(C#N)c1[N+](=O)[O-]. The predicted molar refractivity (Wildman–Crippen MR) is 63.8 cm³/mol. The molecule has 8 nitrogen and oxygen atoms in total. The molecule has 0 radical (unpaired) electrons. The van der Waals surface area contributed by atoms with E-state index in [1.54, 1.807) is 6.07 Å². The number of anilines is 1. The number of sulfone groups is 1. The number of nitriles is 1. The molecule has 1 aromatic rings. The van der Waals surface area contributed by atoms with Crippen molar-refractivity contribution in [2.24, 2.45) is 0 Å². The number of aromatic nitrogens is 1. The van der Waals surface area contributed by atoms with Crippen molar-refractivity contribution < 1.29 is 13.3 Å². The maximum Gasteiger partial charge on any atom is 0.328 e. The van der Waals surface area contributed by atoms with Gasteiger partial charge in [-0.15, -0.1) is 0 Å². The molecule has 0 amide bonds. The standard InChI is InChI=1S/C9H10N4O4S/c1-18(16,17)5-4-12-9-8(13(14)15)7(6-10)2-3-11-9/h2-3H,4-5H2,1H3,(H,11,12). The topological polar surface area (TPSA) is 126 Å². The molecular weight excluding hydrogens is 260 g/mol. The Balaban J connectivity index is 2.96. The highest BCUT2D eigenvalue weighted by molar-refractivity contribution is 7.90. The summed E-state index contributed by atoms with van der Waals surface area (Å²) in [6.07, 6.45) is 2.30. The summed E-state index contributed by atoms with van der Waals surface area (Å²) in [7, 11) is -3.17. The summed E-state index contributed by atoms with van der Waals surface area (Å²) in [4.78, 5) is 13.8. The van der Waals surface area contributed by atoms with Crippen LogP contribution in [0.3, 0.4) is 0 Å². The molecule has 0 aliphatic rings. The lowest BCUT2D eigenvalue weighted by Crippen LogP contribution is -2.15. The summed E-state index contributed by atoms with van der Waals surface area (Å²) < 4.78 is 21.8. The van der Waals surface area contributed by atoms with Crippen LogP contribution < -0.4 is 5.32 Å². The fourth-order valence-electron chi connectivity index (χ4n) is 1.21. The number of rotatable bonds is 5. The van der Waals surface area contributed by atoms with Gasteiger partial charge in [0, 0.05) is 19.0 Å². The molecule has 0 aliphatic carbocycles. The lowest BCUT2D eigenvalue weighted by atomic mass is 10.2. The fourth-order valence-corrected chi connectivity index (χ4v) is 1.69. The average Bonchev–Trinajstić information content (AvgIpc) is 2.26. The van der Waals surface area contributed by atoms with Crippen LogP contribution in [0.25, 0.3) is 0 Å². The molecule has 1 rings (SSSR count). The minimum Gasteiger partial charge on any atom is -0.363 e. The number of nitrogens with zero attached hydrogens (tertiary/aromatic N) is 3. The summed E-state index contributed by atoms with van der Waals surface area (Å²) >= 11 is 0. The van der Waals surface area contributed by atoms with Crippen LogP contribution in [0.2, 0.25) is 0 Å². The Hall–Kier alpha value is -2.21. The predicted octanol–water partition coefficient (Wildman–Crippen LogP) is 0.318. The molecule has 0 aliphatic heterocycles. The fraction of sp³-hybridized carbons (Fsp3) is 0.333. The Kier molecular flexibility index (Phi) is 4.17. The van der Waals surface area contributed by atoms with Crippen molar-refractivity contribution >= 4 is 21.3 Å². The first-order valence-electron chi connectivity index (χ1n) is 4.80. The number of hydrogen-bond acceptors (Lipinski definition) is 7. The first kappa shape index (κ1) is 13.9. The van der Waals surface area contributed by atoms with Crippen molar-refractivity contribution in [3.63, 3.8) is 0 Å². The number of hydrogen-bond donors (Lipinski definition) is 1. The van der Waals surface area contributed by atoms with Gasteiger partial charge in [0.15, 0.2) is 0 Å². The highest BCUT2D eigenvalue weighted by Crippen LogP contribution is 2.25. The summed E-state index contributed by atoms with van der Waals surface area (Å²) in [5.74, 6) is -0.287. The molecule has 0 spiro atoms. The Morgan fingerprint density at radius 3 is 2.78 bits per heavy atom. The Morgan fingerprint density at radius 2 is 2.28 bits per heavy atom. The molecule has 1 aromatic heterocycles. The van der Waals surface area contributed by atoms with Crippen LogP contribution in [0.5, 0.6) is 0 Å². The maximum atomic E-state index is 10.9. The van der Waals surface area contributed by atoms with E-state index in [0.29, 0.717) is 0 Å². The van der Waals surface area contributed by atoms with Crippen LogP contribution in [-0.2, 0) is 9.84 Å². The third-order valence-corrected chi connectivity index (χ3v) is 2.94. The van der Waals surface area contributed by atoms with Gasteiger partial charge >= 0.3 is 5.69 Å². The van der Waals surface area contributed by atoms with Gasteiger partial charge in [0.05, 0.1) is 10.7 Å². The molecule has 1 heterocycles. The second-order valence-corrected chi connectivity index (χ2v) is 5.74. The Labute approximate surface area is 103 Å². The summed E-state index contributed by atoms with van der Waals surface area (Å²) in [6.45, 7) is -0.0123. The Morgan fingerprint density at radius 1 is 1.61 bits per heavy atom. The van der Waals surface area contributed by atoms with Gasteiger partial charge in [0.25, 0.3) is 0 Å². The summed E-state index contributed by atoms with van der Waals surface area (Å²) in [6, 6.07) is 2.91. The van der Waals surface area contributed by atoms with E-state index in [4.69, 9.17) is 5.26 Å². The smallest absolute Gasteiger partial charge is 0.328 e. The second kappa shape index (κ2) is 5.42. The van der Waals surface area contributed by atoms with E-state index in [1.807, 2.05) is 0 Å². The molecule has 0 aromatic carbocycles. The first-order valence-corrected chi connectivity index (χ1v) is 6.86. The zero-order chi connectivity index (χ0) is 13.8. The monoisotopic (exact) mass is 270 g/mol. The molecule has 0 atom stereocenters. The van der Waals surface area contributed by atoms with E-state index >= 15 is 0 Å². The van der Waals surface area contributed by atoms with E-state index < -0.39 is 20.4 Å². The number of nitrogens with one attached hydrogen (secondary N) is 1. The van der Waals surface area contributed by atoms with Gasteiger partial charge in [-0.25, -0.2) is 13.4 Å². The molecule has 0 saturated carbocycles. The molecule has 96 valence electrons. The quantitative estimate of drug-likeness (QED) is 0.602. The van der Waals surface area contributed by atoms with Gasteiger partial charge in [-0.3, -0.25) is 10.1 Å². The molecule has 18 heavy (non-hydrogen) atoms. The van der Waals surface area contributed by atoms with Crippen molar-refractivity contribution in [1.82, 2.24) is 4.98 Å². The van der Waals surface area contributed by atoms with Crippen molar-refractivity contribution in [2.45, 2.75) is 0 Å². The van der Waals surface area contributed by atoms with Crippen LogP contribution in [0.4, 0.5) is 11.5 Å². The third-order valence-electron chi connectivity index (χ3n) is 1.99. The van der Waals surface area contributed by atoms with E-state index in [9.17, 15) is 18.5 Å². The summed E-state index contributed by atoms with van der Waals surface area (Å²) in [5.41, 5.74) is -0.578. The minimum atomic E-state index is -3.17. The zero-order valence-electron chi connectivity index (χ0n) is 9.45. The second-order valence-electron chi connectivity index (χ2n) is 3.48. The molecule has 0 unspecified atom stereocenters. The van der Waals surface area contributed by atoms with Crippen LogP contribution in [0.15, 0.2) is 12.3 Å². The van der Waals surface area contributed by atoms with Crippen molar-refractivity contribution in [3.8, 4) is 6.07 Å². The Bertz CT molecular complexity index is 605. The highest BCUT2D eigenvalue weighted by atomic mass is 32.2. The van der Waals surface area contributed by atoms with E-state index in [0.717, 1.165) is 6.26 Å². The van der Waals surface area contributed by atoms with Gasteiger partial charge in [-0.05, 0) is 6.07 Å². The normalized spacial score (nSPS) is 10.7. The minimum absolute atomic E-state index is 0.0123. The maximum absolute atomic E-state index is 10.9. The van der Waals surface area contributed by atoms with Crippen LogP contribution >= 0.6 is 0 Å². The summed E-state index contributed by atoms with van der Waals surface area (Å²) in [5, 5.41) is 22.1. The van der Waals surface area contributed by atoms with Crippen molar-refractivity contribution in [2.75, 3.05) is 23.9 Å². The third kappa shape index (κ3) is 3.67.